The largest absolute Gasteiger partial charge is 0.336 e. The zero-order valence-corrected chi connectivity index (χ0v) is 15.3. The average Bonchev–Trinajstić information content (AvgIpc) is 2.92. The molecule has 0 aromatic carbocycles. The lowest BCUT2D eigenvalue weighted by molar-refractivity contribution is -0.128. The summed E-state index contributed by atoms with van der Waals surface area (Å²) in [5, 5.41) is 4.61. The minimum atomic E-state index is 0.182. The number of carbonyl (C=O) groups excluding carboxylic acids is 1. The molecule has 1 atom stereocenters. The van der Waals surface area contributed by atoms with Gasteiger partial charge in [-0.1, -0.05) is 27.7 Å². The molecular weight excluding hydrogens is 330 g/mol. The Morgan fingerprint density at radius 3 is 2.48 bits per heavy atom. The van der Waals surface area contributed by atoms with Crippen molar-refractivity contribution in [3.05, 3.63) is 15.9 Å². The van der Waals surface area contributed by atoms with E-state index in [1.165, 1.54) is 0 Å². The predicted octanol–water partition coefficient (Wildman–Crippen LogP) is 3.62. The summed E-state index contributed by atoms with van der Waals surface area (Å²) in [6, 6.07) is 0. The normalized spacial score (nSPS) is 19.6. The number of hydrogen-bond acceptors (Lipinski definition) is 2. The molecule has 0 bridgehead atoms. The number of rotatable bonds is 4. The van der Waals surface area contributed by atoms with Crippen LogP contribution in [0.15, 0.2) is 4.47 Å². The van der Waals surface area contributed by atoms with Gasteiger partial charge in [-0.2, -0.15) is 5.10 Å². The molecule has 5 heteroatoms. The number of amides is 1. The highest BCUT2D eigenvalue weighted by Crippen LogP contribution is 2.35. The van der Waals surface area contributed by atoms with E-state index in [4.69, 9.17) is 0 Å². The molecule has 2 rings (SSSR count). The maximum absolute atomic E-state index is 12.3. The van der Waals surface area contributed by atoms with Crippen molar-refractivity contribution in [2.75, 3.05) is 6.54 Å². The van der Waals surface area contributed by atoms with Crippen molar-refractivity contribution < 1.29 is 4.79 Å². The van der Waals surface area contributed by atoms with Gasteiger partial charge in [-0.3, -0.25) is 9.48 Å². The smallest absolute Gasteiger partial charge is 0.223 e. The molecule has 0 radical (unpaired) electrons. The van der Waals surface area contributed by atoms with Crippen LogP contribution >= 0.6 is 15.9 Å². The average molecular weight is 356 g/mol. The van der Waals surface area contributed by atoms with Gasteiger partial charge in [-0.15, -0.1) is 0 Å². The Hall–Kier alpha value is -0.840. The van der Waals surface area contributed by atoms with Crippen LogP contribution < -0.4 is 0 Å². The summed E-state index contributed by atoms with van der Waals surface area (Å²) in [5.41, 5.74) is 2.38. The first kappa shape index (κ1) is 16.5. The molecule has 1 aromatic heterocycles. The zero-order valence-electron chi connectivity index (χ0n) is 13.7. The molecule has 4 nitrogen and oxygen atoms in total. The number of aryl methyl sites for hydroxylation is 2. The summed E-state index contributed by atoms with van der Waals surface area (Å²) in [5.74, 6) is 0.705. The zero-order chi connectivity index (χ0) is 15.8. The van der Waals surface area contributed by atoms with Gasteiger partial charge < -0.3 is 4.90 Å². The van der Waals surface area contributed by atoms with Gasteiger partial charge in [0.25, 0.3) is 0 Å². The van der Waals surface area contributed by atoms with Gasteiger partial charge in [-0.25, -0.2) is 0 Å². The van der Waals surface area contributed by atoms with Crippen LogP contribution in [-0.2, 0) is 24.3 Å². The molecule has 118 valence electrons. The monoisotopic (exact) mass is 355 g/mol. The molecule has 1 saturated heterocycles. The maximum Gasteiger partial charge on any atom is 0.223 e. The Morgan fingerprint density at radius 1 is 1.33 bits per heavy atom. The van der Waals surface area contributed by atoms with Gasteiger partial charge in [0.15, 0.2) is 0 Å². The summed E-state index contributed by atoms with van der Waals surface area (Å²) in [7, 11) is 0. The Labute approximate surface area is 136 Å². The lowest BCUT2D eigenvalue weighted by Gasteiger charge is -2.26. The first-order valence-electron chi connectivity index (χ1n) is 7.79. The standard InChI is InChI=1S/C16H26BrN3O/c1-6-12-15(17)13(20(7-2)18-12)10-19-9-11(8-14(19)21)16(3,4)5/h11H,6-10H2,1-5H3. The lowest BCUT2D eigenvalue weighted by atomic mass is 9.80. The van der Waals surface area contributed by atoms with Crippen LogP contribution in [0.25, 0.3) is 0 Å². The van der Waals surface area contributed by atoms with Crippen LogP contribution in [-0.4, -0.2) is 27.1 Å². The second-order valence-corrected chi connectivity index (χ2v) is 7.71. The van der Waals surface area contributed by atoms with Crippen molar-refractivity contribution in [3.63, 3.8) is 0 Å². The highest BCUT2D eigenvalue weighted by molar-refractivity contribution is 9.10. The third-order valence-electron chi connectivity index (χ3n) is 4.47. The second-order valence-electron chi connectivity index (χ2n) is 6.92. The predicted molar refractivity (Wildman–Crippen MR) is 88.0 cm³/mol. The minimum absolute atomic E-state index is 0.182. The Balaban J connectivity index is 2.19. The van der Waals surface area contributed by atoms with Crippen molar-refractivity contribution in [2.24, 2.45) is 11.3 Å². The van der Waals surface area contributed by atoms with E-state index >= 15 is 0 Å². The van der Waals surface area contributed by atoms with E-state index in [0.717, 1.165) is 35.4 Å². The molecule has 0 N–H and O–H groups in total. The van der Waals surface area contributed by atoms with E-state index < -0.39 is 0 Å². The summed E-state index contributed by atoms with van der Waals surface area (Å²) in [6.45, 7) is 13.2. The van der Waals surface area contributed by atoms with Gasteiger partial charge in [0, 0.05) is 19.5 Å². The first-order chi connectivity index (χ1) is 9.77. The molecule has 0 aliphatic carbocycles. The van der Waals surface area contributed by atoms with Crippen LogP contribution in [0.1, 0.15) is 52.4 Å². The Morgan fingerprint density at radius 2 is 2.00 bits per heavy atom. The third kappa shape index (κ3) is 3.33. The number of aromatic nitrogens is 2. The van der Waals surface area contributed by atoms with Gasteiger partial charge in [0.05, 0.1) is 22.4 Å². The first-order valence-corrected chi connectivity index (χ1v) is 8.59. The molecule has 21 heavy (non-hydrogen) atoms. The number of halogens is 1. The topological polar surface area (TPSA) is 38.1 Å². The number of carbonyl (C=O) groups is 1. The molecule has 0 saturated carbocycles. The summed E-state index contributed by atoms with van der Waals surface area (Å²) < 4.78 is 3.08. The fourth-order valence-corrected chi connectivity index (χ4v) is 3.54. The fourth-order valence-electron chi connectivity index (χ4n) is 2.85. The van der Waals surface area contributed by atoms with Crippen LogP contribution in [0.4, 0.5) is 0 Å². The van der Waals surface area contributed by atoms with E-state index in [-0.39, 0.29) is 11.3 Å². The molecule has 0 spiro atoms. The molecule has 1 unspecified atom stereocenters. The van der Waals surface area contributed by atoms with Gasteiger partial charge >= 0.3 is 0 Å². The van der Waals surface area contributed by atoms with Crippen molar-refractivity contribution in [1.82, 2.24) is 14.7 Å². The summed E-state index contributed by atoms with van der Waals surface area (Å²) >= 11 is 3.66. The maximum atomic E-state index is 12.3. The lowest BCUT2D eigenvalue weighted by Crippen LogP contribution is -2.28. The van der Waals surface area contributed by atoms with Crippen LogP contribution in [0.5, 0.6) is 0 Å². The molecule has 1 aromatic rings. The molecule has 1 fully saturated rings. The highest BCUT2D eigenvalue weighted by atomic mass is 79.9. The van der Waals surface area contributed by atoms with E-state index in [2.05, 4.69) is 55.6 Å². The molecular formula is C16H26BrN3O. The van der Waals surface area contributed by atoms with Gasteiger partial charge in [0.2, 0.25) is 5.91 Å². The molecule has 1 aliphatic rings. The van der Waals surface area contributed by atoms with Crippen LogP contribution in [0, 0.1) is 11.3 Å². The van der Waals surface area contributed by atoms with Gasteiger partial charge in [-0.05, 0) is 40.6 Å². The quantitative estimate of drug-likeness (QED) is 0.826. The van der Waals surface area contributed by atoms with Crippen molar-refractivity contribution in [1.29, 1.82) is 0 Å². The van der Waals surface area contributed by atoms with Gasteiger partial charge in [0.1, 0.15) is 0 Å². The summed E-state index contributed by atoms with van der Waals surface area (Å²) in [4.78, 5) is 14.3. The van der Waals surface area contributed by atoms with Crippen molar-refractivity contribution in [2.45, 2.75) is 60.5 Å². The van der Waals surface area contributed by atoms with Crippen molar-refractivity contribution in [3.8, 4) is 0 Å². The molecule has 1 amide bonds. The third-order valence-corrected chi connectivity index (χ3v) is 5.39. The number of likely N-dealkylation sites (tertiary alicyclic amines) is 1. The van der Waals surface area contributed by atoms with E-state index in [1.54, 1.807) is 0 Å². The summed E-state index contributed by atoms with van der Waals surface area (Å²) in [6.07, 6.45) is 1.57. The Bertz CT molecular complexity index is 530. The minimum Gasteiger partial charge on any atom is -0.336 e. The van der Waals surface area contributed by atoms with Crippen LogP contribution in [0.2, 0.25) is 0 Å². The second kappa shape index (κ2) is 6.11. The SMILES string of the molecule is CCc1nn(CC)c(CN2CC(C(C)(C)C)CC2=O)c1Br. The van der Waals surface area contributed by atoms with Crippen molar-refractivity contribution >= 4 is 21.8 Å². The number of hydrogen-bond donors (Lipinski definition) is 0. The van der Waals surface area contributed by atoms with E-state index in [1.807, 2.05) is 9.58 Å². The fraction of sp³-hybridized carbons (Fsp3) is 0.750. The Kier molecular flexibility index (Phi) is 4.81. The van der Waals surface area contributed by atoms with E-state index in [0.29, 0.717) is 18.9 Å². The van der Waals surface area contributed by atoms with Crippen LogP contribution in [0.3, 0.4) is 0 Å². The van der Waals surface area contributed by atoms with E-state index in [9.17, 15) is 4.79 Å². The molecule has 1 aliphatic heterocycles. The highest BCUT2D eigenvalue weighted by Gasteiger charge is 2.37. The molecule has 2 heterocycles. The number of nitrogens with zero attached hydrogens (tertiary/aromatic N) is 3.